The van der Waals surface area contributed by atoms with E-state index in [1.165, 1.54) is 30.6 Å². The van der Waals surface area contributed by atoms with Crippen LogP contribution in [0, 0.1) is 34.3 Å². The first kappa shape index (κ1) is 23.9. The highest BCUT2D eigenvalue weighted by atomic mass is 19.1. The van der Waals surface area contributed by atoms with Crippen LogP contribution in [0.2, 0.25) is 0 Å². The Morgan fingerprint density at radius 1 is 1.17 bits per heavy atom. The molecule has 0 aliphatic carbocycles. The van der Waals surface area contributed by atoms with Gasteiger partial charge in [0.15, 0.2) is 0 Å². The summed E-state index contributed by atoms with van der Waals surface area (Å²) in [6.07, 6.45) is 1.90. The van der Waals surface area contributed by atoms with Crippen molar-refractivity contribution in [1.82, 2.24) is 9.97 Å². The number of hydrogen-bond acceptors (Lipinski definition) is 7. The summed E-state index contributed by atoms with van der Waals surface area (Å²) < 4.78 is 34.7. The number of benzene rings is 1. The molecule has 3 heterocycles. The third-order valence-corrected chi connectivity index (χ3v) is 5.59. The number of rotatable bonds is 5. The number of aliphatic hydroxyl groups is 1. The minimum Gasteiger partial charge on any atom is -0.393 e. The summed E-state index contributed by atoms with van der Waals surface area (Å²) in [7, 11) is 0. The molecule has 2 N–H and O–H groups in total. The Labute approximate surface area is 199 Å². The summed E-state index contributed by atoms with van der Waals surface area (Å²) in [4.78, 5) is 21.1. The molecule has 1 fully saturated rings. The predicted octanol–water partition coefficient (Wildman–Crippen LogP) is 4.04. The maximum Gasteiger partial charge on any atom is 0.274 e. The highest BCUT2D eigenvalue weighted by molar-refractivity contribution is 6.03. The van der Waals surface area contributed by atoms with Crippen molar-refractivity contribution in [1.29, 1.82) is 10.5 Å². The predicted molar refractivity (Wildman–Crippen MR) is 120 cm³/mol. The number of carbonyl (C=O) groups excluding carboxylic acids is 1. The van der Waals surface area contributed by atoms with Gasteiger partial charge in [-0.1, -0.05) is 6.07 Å². The van der Waals surface area contributed by atoms with Gasteiger partial charge in [0.2, 0.25) is 0 Å². The fourth-order valence-corrected chi connectivity index (χ4v) is 3.99. The number of carbonyl (C=O) groups is 1. The van der Waals surface area contributed by atoms with Crippen molar-refractivity contribution < 1.29 is 23.4 Å². The summed E-state index contributed by atoms with van der Waals surface area (Å²) in [6.45, 7) is 0. The van der Waals surface area contributed by atoms with Gasteiger partial charge in [-0.25, -0.2) is 13.8 Å². The van der Waals surface area contributed by atoms with E-state index in [0.29, 0.717) is 12.0 Å². The van der Waals surface area contributed by atoms with Gasteiger partial charge in [0.1, 0.15) is 23.4 Å². The number of nitriles is 2. The lowest BCUT2D eigenvalue weighted by Gasteiger charge is -2.33. The van der Waals surface area contributed by atoms with E-state index in [4.69, 9.17) is 10.00 Å². The lowest BCUT2D eigenvalue weighted by Crippen LogP contribution is -2.31. The summed E-state index contributed by atoms with van der Waals surface area (Å²) >= 11 is 0. The van der Waals surface area contributed by atoms with Crippen LogP contribution in [-0.4, -0.2) is 33.2 Å². The molecule has 3 aromatic rings. The molecule has 4 rings (SSSR count). The normalized spacial score (nSPS) is 19.4. The number of pyridine rings is 2. The summed E-state index contributed by atoms with van der Waals surface area (Å²) in [6, 6.07) is 11.3. The average Bonchev–Trinajstić information content (AvgIpc) is 2.84. The average molecular weight is 475 g/mol. The zero-order valence-electron chi connectivity index (χ0n) is 18.3. The fourth-order valence-electron chi connectivity index (χ4n) is 3.99. The molecule has 1 aromatic carbocycles. The topological polar surface area (TPSA) is 132 Å². The van der Waals surface area contributed by atoms with Gasteiger partial charge in [-0.2, -0.15) is 10.5 Å². The van der Waals surface area contributed by atoms with Crippen LogP contribution in [0.15, 0.2) is 48.8 Å². The zero-order chi connectivity index (χ0) is 24.9. The lowest BCUT2D eigenvalue weighted by atomic mass is 9.94. The van der Waals surface area contributed by atoms with Gasteiger partial charge in [0, 0.05) is 24.6 Å². The van der Waals surface area contributed by atoms with E-state index in [9.17, 15) is 23.9 Å². The van der Waals surface area contributed by atoms with Crippen molar-refractivity contribution in [3.05, 3.63) is 77.2 Å². The largest absolute Gasteiger partial charge is 0.393 e. The van der Waals surface area contributed by atoms with Crippen LogP contribution in [0.3, 0.4) is 0 Å². The van der Waals surface area contributed by atoms with Crippen LogP contribution < -0.4 is 5.32 Å². The minimum atomic E-state index is -0.916. The quantitative estimate of drug-likeness (QED) is 0.569. The van der Waals surface area contributed by atoms with E-state index >= 15 is 0 Å². The van der Waals surface area contributed by atoms with Gasteiger partial charge < -0.3 is 15.2 Å². The maximum absolute atomic E-state index is 14.4. The van der Waals surface area contributed by atoms with Crippen molar-refractivity contribution in [2.24, 2.45) is 0 Å². The number of amides is 1. The number of nitrogens with one attached hydrogen (secondary N) is 1. The number of halogens is 2. The maximum atomic E-state index is 14.4. The molecule has 8 nitrogen and oxygen atoms in total. The Morgan fingerprint density at radius 3 is 2.66 bits per heavy atom. The van der Waals surface area contributed by atoms with Crippen molar-refractivity contribution in [2.75, 3.05) is 5.32 Å². The third-order valence-electron chi connectivity index (χ3n) is 5.59. The van der Waals surface area contributed by atoms with E-state index in [1.54, 1.807) is 6.07 Å². The van der Waals surface area contributed by atoms with Crippen LogP contribution >= 0.6 is 0 Å². The van der Waals surface area contributed by atoms with Crippen molar-refractivity contribution in [3.8, 4) is 23.4 Å². The fraction of sp³-hybridized carbons (Fsp3) is 0.240. The number of anilines is 1. The molecule has 0 spiro atoms. The second kappa shape index (κ2) is 10.3. The Kier molecular flexibility index (Phi) is 7.06. The van der Waals surface area contributed by atoms with E-state index < -0.39 is 41.4 Å². The third kappa shape index (κ3) is 5.14. The summed E-state index contributed by atoms with van der Waals surface area (Å²) in [5.41, 5.74) is -0.237. The number of hydrogen-bond donors (Lipinski definition) is 2. The molecular formula is C25H19F2N5O3. The Hall–Kier alpha value is -4.25. The molecule has 2 aromatic heterocycles. The Balaban J connectivity index is 1.65. The van der Waals surface area contributed by atoms with Crippen LogP contribution in [0.1, 0.15) is 47.0 Å². The Morgan fingerprint density at radius 2 is 1.94 bits per heavy atom. The van der Waals surface area contributed by atoms with E-state index in [-0.39, 0.29) is 35.5 Å². The van der Waals surface area contributed by atoms with Crippen LogP contribution in [0.5, 0.6) is 0 Å². The van der Waals surface area contributed by atoms with Crippen LogP contribution in [0.25, 0.3) is 11.3 Å². The van der Waals surface area contributed by atoms with Gasteiger partial charge in [-0.15, -0.1) is 0 Å². The number of nitrogens with zero attached hydrogens (tertiary/aromatic N) is 4. The molecule has 1 aliphatic rings. The van der Waals surface area contributed by atoms with Gasteiger partial charge in [-0.3, -0.25) is 9.78 Å². The molecule has 176 valence electrons. The molecule has 35 heavy (non-hydrogen) atoms. The van der Waals surface area contributed by atoms with Crippen molar-refractivity contribution >= 4 is 11.6 Å². The first-order chi connectivity index (χ1) is 16.9. The molecular weight excluding hydrogens is 456 g/mol. The highest BCUT2D eigenvalue weighted by Gasteiger charge is 2.31. The number of ether oxygens (including phenoxy) is 1. The van der Waals surface area contributed by atoms with Crippen molar-refractivity contribution in [3.63, 3.8) is 0 Å². The van der Waals surface area contributed by atoms with Gasteiger partial charge in [-0.05, 0) is 30.3 Å². The van der Waals surface area contributed by atoms with Gasteiger partial charge in [0.25, 0.3) is 5.91 Å². The highest BCUT2D eigenvalue weighted by Crippen LogP contribution is 2.36. The molecule has 1 amide bonds. The van der Waals surface area contributed by atoms with Crippen LogP contribution in [0.4, 0.5) is 14.5 Å². The number of aromatic nitrogens is 2. The van der Waals surface area contributed by atoms with Gasteiger partial charge in [0.05, 0.1) is 59.5 Å². The molecule has 1 saturated heterocycles. The molecule has 3 atom stereocenters. The zero-order valence-corrected chi connectivity index (χ0v) is 18.3. The lowest BCUT2D eigenvalue weighted by molar-refractivity contribution is -0.0949. The van der Waals surface area contributed by atoms with E-state index in [2.05, 4.69) is 15.3 Å². The smallest absolute Gasteiger partial charge is 0.274 e. The molecule has 0 bridgehead atoms. The number of aliphatic hydroxyl groups excluding tert-OH is 1. The molecule has 10 heteroatoms. The summed E-state index contributed by atoms with van der Waals surface area (Å²) in [5, 5.41) is 31.3. The van der Waals surface area contributed by atoms with Crippen LogP contribution in [-0.2, 0) is 4.74 Å². The second-order valence-electron chi connectivity index (χ2n) is 7.95. The molecule has 1 aliphatic heterocycles. The minimum absolute atomic E-state index is 0.0965. The molecule has 0 radical (unpaired) electrons. The summed E-state index contributed by atoms with van der Waals surface area (Å²) in [5.74, 6) is -2.53. The second-order valence-corrected chi connectivity index (χ2v) is 7.95. The molecule has 3 unspecified atom stereocenters. The first-order valence-corrected chi connectivity index (χ1v) is 10.7. The first-order valence-electron chi connectivity index (χ1n) is 10.7. The van der Waals surface area contributed by atoms with E-state index in [1.807, 2.05) is 12.1 Å². The Bertz CT molecular complexity index is 1330. The molecule has 0 saturated carbocycles. The van der Waals surface area contributed by atoms with Gasteiger partial charge >= 0.3 is 0 Å². The SMILES string of the molecule is N#CCC1CC(O)CC(c2ccncc2NC(=O)c2ccc(C#N)c(-c3c(F)cccc3F)n2)O1. The monoisotopic (exact) mass is 475 g/mol. The standard InChI is InChI=1S/C25H19F2N5O3/c26-18-2-1-3-19(27)23(18)24-14(12-29)4-5-20(31-24)25(34)32-21-13-30-9-7-17(21)22-11-15(33)10-16(35-22)6-8-28/h1-5,7,9,13,15-16,22,33H,6,10-11H2,(H,32,34). The van der Waals surface area contributed by atoms with E-state index in [0.717, 1.165) is 12.1 Å². The van der Waals surface area contributed by atoms with Crippen molar-refractivity contribution in [2.45, 2.75) is 37.6 Å².